The van der Waals surface area contributed by atoms with Gasteiger partial charge in [-0.2, -0.15) is 0 Å². The van der Waals surface area contributed by atoms with E-state index in [4.69, 9.17) is 10.6 Å². The zero-order chi connectivity index (χ0) is 13.2. The Kier molecular flexibility index (Phi) is 3.89. The Hall–Kier alpha value is -1.11. The molecule has 0 spiro atoms. The van der Waals surface area contributed by atoms with Crippen molar-refractivity contribution >= 4 is 9.84 Å². The van der Waals surface area contributed by atoms with Gasteiger partial charge in [-0.25, -0.2) is 8.42 Å². The fourth-order valence-corrected chi connectivity index (χ4v) is 2.77. The van der Waals surface area contributed by atoms with Crippen LogP contribution in [0, 0.1) is 0 Å². The van der Waals surface area contributed by atoms with Crippen LogP contribution in [0.3, 0.4) is 0 Å². The van der Waals surface area contributed by atoms with Crippen LogP contribution < -0.4 is 16.0 Å². The summed E-state index contributed by atoms with van der Waals surface area (Å²) < 4.78 is 27.8. The molecule has 0 saturated heterocycles. The first-order chi connectivity index (χ1) is 8.49. The van der Waals surface area contributed by atoms with E-state index in [-0.39, 0.29) is 11.8 Å². The fourth-order valence-electron chi connectivity index (χ4n) is 2.10. The lowest BCUT2D eigenvalue weighted by atomic mass is 10.0. The Morgan fingerprint density at radius 2 is 2.28 bits per heavy atom. The summed E-state index contributed by atoms with van der Waals surface area (Å²) in [4.78, 5) is 0. The maximum atomic E-state index is 11.2. The number of rotatable bonds is 5. The minimum absolute atomic E-state index is 0.120. The third kappa shape index (κ3) is 3.22. The molecule has 1 heterocycles. The highest BCUT2D eigenvalue weighted by Crippen LogP contribution is 2.28. The second-order valence-electron chi connectivity index (χ2n) is 4.60. The van der Waals surface area contributed by atoms with Gasteiger partial charge in [0.15, 0.2) is 0 Å². The van der Waals surface area contributed by atoms with Crippen molar-refractivity contribution in [1.82, 2.24) is 5.43 Å². The van der Waals surface area contributed by atoms with Crippen LogP contribution >= 0.6 is 0 Å². The molecule has 0 aliphatic carbocycles. The normalized spacial score (nSPS) is 16.1. The van der Waals surface area contributed by atoms with E-state index in [0.29, 0.717) is 13.0 Å². The van der Waals surface area contributed by atoms with Gasteiger partial charge in [0.05, 0.1) is 12.4 Å². The monoisotopic (exact) mass is 270 g/mol. The van der Waals surface area contributed by atoms with E-state index in [0.717, 1.165) is 23.3 Å². The average molecular weight is 270 g/mol. The summed E-state index contributed by atoms with van der Waals surface area (Å²) >= 11 is 0. The number of fused-ring (bicyclic) bond motifs is 1. The number of ether oxygens (including phenoxy) is 1. The molecule has 0 bridgehead atoms. The third-order valence-corrected chi connectivity index (χ3v) is 4.07. The number of nitrogens with two attached hydrogens (primary N) is 1. The van der Waals surface area contributed by atoms with Gasteiger partial charge in [0, 0.05) is 18.7 Å². The highest BCUT2D eigenvalue weighted by atomic mass is 32.2. The lowest BCUT2D eigenvalue weighted by Gasteiger charge is -2.16. The first-order valence-electron chi connectivity index (χ1n) is 5.89. The molecular formula is C12H18N2O3S. The van der Waals surface area contributed by atoms with Gasteiger partial charge in [0.2, 0.25) is 0 Å². The maximum absolute atomic E-state index is 11.2. The van der Waals surface area contributed by atoms with Crippen LogP contribution in [0.4, 0.5) is 0 Å². The molecule has 1 aromatic carbocycles. The number of sulfone groups is 1. The number of hydrogen-bond acceptors (Lipinski definition) is 5. The fraction of sp³-hybridized carbons (Fsp3) is 0.500. The van der Waals surface area contributed by atoms with E-state index >= 15 is 0 Å². The molecule has 6 heteroatoms. The van der Waals surface area contributed by atoms with Crippen molar-refractivity contribution < 1.29 is 13.2 Å². The van der Waals surface area contributed by atoms with E-state index < -0.39 is 9.84 Å². The molecule has 3 N–H and O–H groups in total. The van der Waals surface area contributed by atoms with E-state index in [1.165, 1.54) is 6.26 Å². The van der Waals surface area contributed by atoms with Crippen molar-refractivity contribution in [3.63, 3.8) is 0 Å². The van der Waals surface area contributed by atoms with E-state index in [9.17, 15) is 8.42 Å². The highest BCUT2D eigenvalue weighted by Gasteiger charge is 2.17. The zero-order valence-corrected chi connectivity index (χ0v) is 11.2. The molecule has 1 aliphatic heterocycles. The maximum Gasteiger partial charge on any atom is 0.147 e. The van der Waals surface area contributed by atoms with Crippen molar-refractivity contribution in [3.8, 4) is 5.75 Å². The molecule has 5 nitrogen and oxygen atoms in total. The van der Waals surface area contributed by atoms with Crippen molar-refractivity contribution in [1.29, 1.82) is 0 Å². The second kappa shape index (κ2) is 5.26. The third-order valence-electron chi connectivity index (χ3n) is 3.09. The van der Waals surface area contributed by atoms with E-state index in [2.05, 4.69) is 5.43 Å². The van der Waals surface area contributed by atoms with Crippen LogP contribution in [-0.2, 0) is 16.3 Å². The van der Waals surface area contributed by atoms with Gasteiger partial charge in [-0.15, -0.1) is 0 Å². The first kappa shape index (κ1) is 13.3. The highest BCUT2D eigenvalue weighted by molar-refractivity contribution is 7.90. The second-order valence-corrected chi connectivity index (χ2v) is 6.86. The Labute approximate surface area is 107 Å². The quantitative estimate of drug-likeness (QED) is 0.603. The first-order valence-corrected chi connectivity index (χ1v) is 7.95. The molecule has 100 valence electrons. The summed E-state index contributed by atoms with van der Waals surface area (Å²) in [7, 11) is -2.97. The molecule has 18 heavy (non-hydrogen) atoms. The number of hydrogen-bond donors (Lipinski definition) is 2. The summed E-state index contributed by atoms with van der Waals surface area (Å²) in [5.74, 6) is 6.54. The lowest BCUT2D eigenvalue weighted by molar-refractivity contribution is 0.356. The molecule has 0 amide bonds. The topological polar surface area (TPSA) is 81.4 Å². The largest absolute Gasteiger partial charge is 0.493 e. The minimum atomic E-state index is -2.97. The van der Waals surface area contributed by atoms with Gasteiger partial charge < -0.3 is 4.74 Å². The van der Waals surface area contributed by atoms with Crippen LogP contribution in [0.15, 0.2) is 18.2 Å². The van der Waals surface area contributed by atoms with Gasteiger partial charge in [-0.3, -0.25) is 11.3 Å². The van der Waals surface area contributed by atoms with Crippen molar-refractivity contribution in [3.05, 3.63) is 29.3 Å². The summed E-state index contributed by atoms with van der Waals surface area (Å²) in [5.41, 5.74) is 4.84. The van der Waals surface area contributed by atoms with Gasteiger partial charge in [0.1, 0.15) is 15.6 Å². The Balaban J connectivity index is 2.12. The Bertz CT molecular complexity index is 528. The zero-order valence-electron chi connectivity index (χ0n) is 10.3. The van der Waals surface area contributed by atoms with Gasteiger partial charge in [0.25, 0.3) is 0 Å². The van der Waals surface area contributed by atoms with Crippen molar-refractivity contribution in [2.75, 3.05) is 18.6 Å². The summed E-state index contributed by atoms with van der Waals surface area (Å²) in [5, 5.41) is 0. The number of hydrazine groups is 1. The van der Waals surface area contributed by atoms with Crippen molar-refractivity contribution in [2.24, 2.45) is 5.84 Å². The van der Waals surface area contributed by atoms with Crippen LogP contribution in [0.5, 0.6) is 5.75 Å². The average Bonchev–Trinajstić information content (AvgIpc) is 2.75. The molecule has 0 fully saturated rings. The molecule has 1 aromatic rings. The van der Waals surface area contributed by atoms with Crippen LogP contribution in [-0.4, -0.2) is 27.0 Å². The van der Waals surface area contributed by atoms with Gasteiger partial charge >= 0.3 is 0 Å². The lowest BCUT2D eigenvalue weighted by Crippen LogP contribution is -2.29. The molecule has 1 atom stereocenters. The van der Waals surface area contributed by atoms with Crippen molar-refractivity contribution in [2.45, 2.75) is 18.9 Å². The minimum Gasteiger partial charge on any atom is -0.493 e. The number of nitrogens with one attached hydrogen (secondary N) is 1. The number of benzene rings is 1. The smallest absolute Gasteiger partial charge is 0.147 e. The van der Waals surface area contributed by atoms with Crippen LogP contribution in [0.25, 0.3) is 0 Å². The molecular weight excluding hydrogens is 252 g/mol. The molecule has 0 radical (unpaired) electrons. The van der Waals surface area contributed by atoms with E-state index in [1.54, 1.807) is 0 Å². The standard InChI is InChI=1S/C12H18N2O3S/c1-18(15,16)7-5-11(14-13)9-2-3-12-10(8-9)4-6-17-12/h2-3,8,11,14H,4-7,13H2,1H3. The predicted octanol–water partition coefficient (Wildman–Crippen LogP) is 0.561. The molecule has 0 saturated carbocycles. The van der Waals surface area contributed by atoms with E-state index in [1.807, 2.05) is 18.2 Å². The summed E-state index contributed by atoms with van der Waals surface area (Å²) in [6.45, 7) is 0.711. The molecule has 2 rings (SSSR count). The van der Waals surface area contributed by atoms with Crippen LogP contribution in [0.1, 0.15) is 23.6 Å². The molecule has 1 aliphatic rings. The SMILES string of the molecule is CS(=O)(=O)CCC(NN)c1ccc2c(c1)CCO2. The summed E-state index contributed by atoms with van der Waals surface area (Å²) in [6.07, 6.45) is 2.60. The molecule has 0 aromatic heterocycles. The van der Waals surface area contributed by atoms with Gasteiger partial charge in [-0.05, 0) is 23.6 Å². The summed E-state index contributed by atoms with van der Waals surface area (Å²) in [6, 6.07) is 5.74. The van der Waals surface area contributed by atoms with Gasteiger partial charge in [-0.1, -0.05) is 12.1 Å². The Morgan fingerprint density at radius 1 is 1.50 bits per heavy atom. The van der Waals surface area contributed by atoms with Crippen LogP contribution in [0.2, 0.25) is 0 Å². The molecule has 1 unspecified atom stereocenters. The predicted molar refractivity (Wildman–Crippen MR) is 70.0 cm³/mol. The Morgan fingerprint density at radius 3 is 2.94 bits per heavy atom.